The Balaban J connectivity index is 1.44. The second-order valence-corrected chi connectivity index (χ2v) is 18.9. The van der Waals surface area contributed by atoms with Gasteiger partial charge >= 0.3 is 0 Å². The van der Waals surface area contributed by atoms with Crippen LogP contribution < -0.4 is 9.47 Å². The number of nitro benzene ring substituents is 1. The minimum atomic E-state index is -2.50. The van der Waals surface area contributed by atoms with Crippen molar-refractivity contribution >= 4 is 25.0 Å². The molecule has 1 saturated heterocycles. The first-order valence-electron chi connectivity index (χ1n) is 16.8. The smallest absolute Gasteiger partial charge is 0.299 e. The molecule has 4 atom stereocenters. The zero-order valence-corrected chi connectivity index (χ0v) is 30.8. The van der Waals surface area contributed by atoms with Crippen LogP contribution in [0.15, 0.2) is 97.1 Å². The number of aliphatic hydroxyl groups excluding tert-OH is 1. The SMILES string of the molecule is COc1ccc(C(OC[C@H]2O[C@@H](n3nnc4c([N+](=O)[O-])cccc43)[C@H](O[Si](C)(C)C(C)(C)C)[C@@H]2O)(c2ccccc2)c2ccc(OC)cc2)cc1. The van der Waals surface area contributed by atoms with Crippen molar-refractivity contribution in [3.8, 4) is 11.5 Å². The third-order valence-electron chi connectivity index (χ3n) is 10.1. The van der Waals surface area contributed by atoms with Crippen LogP contribution in [0.2, 0.25) is 18.1 Å². The number of non-ortho nitro benzene ring substituents is 1. The van der Waals surface area contributed by atoms with E-state index in [0.29, 0.717) is 17.0 Å². The normalized spacial score (nSPS) is 19.7. The van der Waals surface area contributed by atoms with Gasteiger partial charge in [-0.05, 0) is 65.2 Å². The van der Waals surface area contributed by atoms with Crippen molar-refractivity contribution in [2.45, 2.75) is 69.0 Å². The number of aliphatic hydroxyl groups is 1. The highest BCUT2D eigenvalue weighted by Gasteiger charge is 2.52. The van der Waals surface area contributed by atoms with E-state index in [2.05, 4.69) is 44.2 Å². The zero-order chi connectivity index (χ0) is 36.6. The van der Waals surface area contributed by atoms with E-state index in [9.17, 15) is 15.2 Å². The van der Waals surface area contributed by atoms with Gasteiger partial charge in [-0.15, -0.1) is 5.10 Å². The Morgan fingerprint density at radius 2 is 1.43 bits per heavy atom. The van der Waals surface area contributed by atoms with Gasteiger partial charge in [-0.3, -0.25) is 10.1 Å². The molecule has 0 unspecified atom stereocenters. The second kappa shape index (κ2) is 14.2. The number of benzene rings is 4. The molecular formula is C38H44N4O8Si. The second-order valence-electron chi connectivity index (χ2n) is 14.1. The Morgan fingerprint density at radius 1 is 0.863 bits per heavy atom. The van der Waals surface area contributed by atoms with E-state index in [1.165, 1.54) is 10.7 Å². The van der Waals surface area contributed by atoms with Crippen LogP contribution in [-0.4, -0.2) is 72.5 Å². The Hall–Kier alpha value is -4.66. The first-order chi connectivity index (χ1) is 24.3. The molecule has 13 heteroatoms. The largest absolute Gasteiger partial charge is 0.497 e. The Morgan fingerprint density at radius 3 is 1.96 bits per heavy atom. The number of nitro groups is 1. The van der Waals surface area contributed by atoms with Gasteiger partial charge in [-0.25, -0.2) is 4.68 Å². The molecule has 0 spiro atoms. The van der Waals surface area contributed by atoms with Crippen molar-refractivity contribution < 1.29 is 33.4 Å². The number of rotatable bonds is 12. The fourth-order valence-corrected chi connectivity index (χ4v) is 7.55. The van der Waals surface area contributed by atoms with Crippen molar-refractivity contribution in [1.29, 1.82) is 0 Å². The summed E-state index contributed by atoms with van der Waals surface area (Å²) in [5.41, 5.74) is 1.69. The maximum Gasteiger partial charge on any atom is 0.299 e. The van der Waals surface area contributed by atoms with E-state index in [4.69, 9.17) is 23.4 Å². The summed E-state index contributed by atoms with van der Waals surface area (Å²) in [4.78, 5) is 11.3. The van der Waals surface area contributed by atoms with Crippen LogP contribution in [0.5, 0.6) is 11.5 Å². The lowest BCUT2D eigenvalue weighted by Gasteiger charge is -2.40. The molecule has 1 fully saturated rings. The first-order valence-corrected chi connectivity index (χ1v) is 19.7. The molecule has 6 rings (SSSR count). The number of ether oxygens (including phenoxy) is 4. The topological polar surface area (TPSA) is 140 Å². The molecule has 4 aromatic carbocycles. The summed E-state index contributed by atoms with van der Waals surface area (Å²) in [6.45, 7) is 10.5. The quantitative estimate of drug-likeness (QED) is 0.0622. The molecular weight excluding hydrogens is 669 g/mol. The summed E-state index contributed by atoms with van der Waals surface area (Å²) in [6.07, 6.45) is -3.87. The predicted octanol–water partition coefficient (Wildman–Crippen LogP) is 7.01. The van der Waals surface area contributed by atoms with Crippen LogP contribution in [0.25, 0.3) is 11.0 Å². The minimum Gasteiger partial charge on any atom is -0.497 e. The molecule has 1 N–H and O–H groups in total. The standard InChI is InChI=1S/C38H44N4O8Si/c1-37(2,3)51(6,7)50-35-34(43)32(49-36(35)41-30-14-11-15-31(42(44)45)33(30)39-40-41)24-48-38(25-12-9-8-10-13-25,26-16-20-28(46-4)21-17-26)27-18-22-29(47-5)23-19-27/h8-23,32,34-36,43H,24H2,1-7H3/t32-,34-,35-,36-/m1/s1. The third-order valence-corrected chi connectivity index (χ3v) is 14.6. The molecule has 1 aliphatic heterocycles. The molecule has 1 aromatic heterocycles. The highest BCUT2D eigenvalue weighted by Crippen LogP contribution is 2.45. The Labute approximate surface area is 298 Å². The number of aromatic nitrogens is 3. The zero-order valence-electron chi connectivity index (χ0n) is 29.8. The number of hydrogen-bond donors (Lipinski definition) is 1. The molecule has 268 valence electrons. The van der Waals surface area contributed by atoms with E-state index in [1.54, 1.807) is 26.4 Å². The Bertz CT molecular complexity index is 1920. The van der Waals surface area contributed by atoms with E-state index >= 15 is 0 Å². The van der Waals surface area contributed by atoms with Crippen molar-refractivity contribution in [1.82, 2.24) is 15.0 Å². The van der Waals surface area contributed by atoms with Gasteiger partial charge < -0.3 is 28.5 Å². The van der Waals surface area contributed by atoms with Crippen LogP contribution >= 0.6 is 0 Å². The fraction of sp³-hybridized carbons (Fsp3) is 0.368. The van der Waals surface area contributed by atoms with Crippen LogP contribution in [0.1, 0.15) is 43.7 Å². The molecule has 1 aliphatic rings. The average molecular weight is 713 g/mol. The summed E-state index contributed by atoms with van der Waals surface area (Å²) in [7, 11) is 0.735. The molecule has 0 saturated carbocycles. The van der Waals surface area contributed by atoms with Gasteiger partial charge in [0.05, 0.1) is 31.3 Å². The average Bonchev–Trinajstić information content (AvgIpc) is 3.69. The van der Waals surface area contributed by atoms with E-state index in [-0.39, 0.29) is 22.8 Å². The van der Waals surface area contributed by atoms with Gasteiger partial charge in [0.15, 0.2) is 20.1 Å². The number of methoxy groups -OCH3 is 2. The van der Waals surface area contributed by atoms with Gasteiger partial charge in [0, 0.05) is 6.07 Å². The van der Waals surface area contributed by atoms with Crippen molar-refractivity contribution in [2.75, 3.05) is 20.8 Å². The van der Waals surface area contributed by atoms with E-state index in [1.807, 2.05) is 78.9 Å². The molecule has 51 heavy (non-hydrogen) atoms. The lowest BCUT2D eigenvalue weighted by atomic mass is 9.80. The highest BCUT2D eigenvalue weighted by atomic mass is 28.4. The van der Waals surface area contributed by atoms with Gasteiger partial charge in [0.1, 0.15) is 35.4 Å². The molecule has 12 nitrogen and oxygen atoms in total. The lowest BCUT2D eigenvalue weighted by molar-refractivity contribution is -0.383. The number of hydrogen-bond acceptors (Lipinski definition) is 10. The fourth-order valence-electron chi connectivity index (χ4n) is 6.26. The summed E-state index contributed by atoms with van der Waals surface area (Å²) in [6, 6.07) is 29.9. The van der Waals surface area contributed by atoms with Gasteiger partial charge in [-0.1, -0.05) is 86.6 Å². The summed E-state index contributed by atoms with van der Waals surface area (Å²) < 4.78 is 33.0. The van der Waals surface area contributed by atoms with Crippen LogP contribution in [0, 0.1) is 10.1 Å². The van der Waals surface area contributed by atoms with Crippen molar-refractivity contribution in [2.24, 2.45) is 0 Å². The maximum absolute atomic E-state index is 12.1. The lowest BCUT2D eigenvalue weighted by Crippen LogP contribution is -2.49. The number of fused-ring (bicyclic) bond motifs is 1. The summed E-state index contributed by atoms with van der Waals surface area (Å²) >= 11 is 0. The minimum absolute atomic E-state index is 0.0608. The number of nitrogens with zero attached hydrogens (tertiary/aromatic N) is 4. The molecule has 0 radical (unpaired) electrons. The van der Waals surface area contributed by atoms with Crippen LogP contribution in [0.4, 0.5) is 5.69 Å². The molecule has 2 heterocycles. The Kier molecular flexibility index (Phi) is 10.0. The molecule has 0 bridgehead atoms. The van der Waals surface area contributed by atoms with Crippen molar-refractivity contribution in [3.63, 3.8) is 0 Å². The van der Waals surface area contributed by atoms with Crippen LogP contribution in [0.3, 0.4) is 0 Å². The summed E-state index contributed by atoms with van der Waals surface area (Å²) in [5, 5.41) is 32.2. The predicted molar refractivity (Wildman–Crippen MR) is 194 cm³/mol. The third kappa shape index (κ3) is 6.75. The molecule has 0 amide bonds. The molecule has 0 aliphatic carbocycles. The van der Waals surface area contributed by atoms with E-state index in [0.717, 1.165) is 16.7 Å². The molecule has 5 aromatic rings. The summed E-state index contributed by atoms with van der Waals surface area (Å²) in [5.74, 6) is 1.39. The first kappa shape index (κ1) is 36.1. The highest BCUT2D eigenvalue weighted by molar-refractivity contribution is 6.74. The maximum atomic E-state index is 12.1. The monoisotopic (exact) mass is 712 g/mol. The van der Waals surface area contributed by atoms with Crippen molar-refractivity contribution in [3.05, 3.63) is 124 Å². The van der Waals surface area contributed by atoms with Crippen LogP contribution in [-0.2, 0) is 19.5 Å². The van der Waals surface area contributed by atoms with E-state index < -0.39 is 43.4 Å². The van der Waals surface area contributed by atoms with Gasteiger partial charge in [-0.2, -0.15) is 0 Å². The van der Waals surface area contributed by atoms with Gasteiger partial charge in [0.2, 0.25) is 0 Å². The van der Waals surface area contributed by atoms with Gasteiger partial charge in [0.25, 0.3) is 5.69 Å².